The van der Waals surface area contributed by atoms with Gasteiger partial charge in [-0.3, -0.25) is 0 Å². The highest BCUT2D eigenvalue weighted by molar-refractivity contribution is 6.30. The molecule has 1 atom stereocenters. The number of hydrogen-bond donors (Lipinski definition) is 1. The van der Waals surface area contributed by atoms with Gasteiger partial charge in [-0.05, 0) is 18.4 Å². The van der Waals surface area contributed by atoms with Gasteiger partial charge in [0.1, 0.15) is 17.3 Å². The Hall–Kier alpha value is -1.61. The molecule has 2 aromatic rings. The summed E-state index contributed by atoms with van der Waals surface area (Å²) in [6.07, 6.45) is 1.48. The minimum absolute atomic E-state index is 0.416. The highest BCUT2D eigenvalue weighted by Crippen LogP contribution is 2.20. The van der Waals surface area contributed by atoms with Gasteiger partial charge in [0.05, 0.1) is 0 Å². The van der Waals surface area contributed by atoms with Gasteiger partial charge in [-0.25, -0.2) is 9.97 Å². The maximum Gasteiger partial charge on any atom is 0.137 e. The Kier molecular flexibility index (Phi) is 4.15. The normalized spacial score (nSPS) is 12.2. The smallest absolute Gasteiger partial charge is 0.137 e. The molecule has 0 aliphatic carbocycles. The predicted octanol–water partition coefficient (Wildman–Crippen LogP) is 3.65. The highest BCUT2D eigenvalue weighted by Gasteiger charge is 2.08. The lowest BCUT2D eigenvalue weighted by Crippen LogP contribution is -2.12. The first-order chi connectivity index (χ1) is 8.68. The molecule has 4 heteroatoms. The van der Waals surface area contributed by atoms with Crippen LogP contribution in [0.5, 0.6) is 0 Å². The van der Waals surface area contributed by atoms with E-state index in [2.05, 4.69) is 46.5 Å². The molecule has 18 heavy (non-hydrogen) atoms. The van der Waals surface area contributed by atoms with Gasteiger partial charge in [-0.15, -0.1) is 0 Å². The second-order valence-corrected chi connectivity index (χ2v) is 4.69. The summed E-state index contributed by atoms with van der Waals surface area (Å²) in [5.41, 5.74) is 2.20. The van der Waals surface area contributed by atoms with E-state index in [4.69, 9.17) is 11.6 Å². The third-order valence-electron chi connectivity index (χ3n) is 2.97. The van der Waals surface area contributed by atoms with Crippen molar-refractivity contribution in [3.8, 4) is 0 Å². The van der Waals surface area contributed by atoms with Crippen LogP contribution in [0.2, 0.25) is 5.15 Å². The van der Waals surface area contributed by atoms with Crippen LogP contribution >= 0.6 is 11.6 Å². The third-order valence-corrected chi connectivity index (χ3v) is 3.35. The number of hydrogen-bond acceptors (Lipinski definition) is 3. The van der Waals surface area contributed by atoms with E-state index in [-0.39, 0.29) is 0 Å². The van der Waals surface area contributed by atoms with Crippen LogP contribution < -0.4 is 5.32 Å². The standard InChI is InChI=1S/C14H16ClN3/c1-10(12-6-4-3-5-7-12)8-16-14-11(2)13(15)17-9-18-14/h3-7,9-10H,8H2,1-2H3,(H,16,17,18). The van der Waals surface area contributed by atoms with Gasteiger partial charge in [-0.1, -0.05) is 48.9 Å². The van der Waals surface area contributed by atoms with Gasteiger partial charge in [0.15, 0.2) is 0 Å². The average Bonchev–Trinajstić information content (AvgIpc) is 2.41. The summed E-state index contributed by atoms with van der Waals surface area (Å²) in [7, 11) is 0. The largest absolute Gasteiger partial charge is 0.369 e. The Morgan fingerprint density at radius 2 is 1.94 bits per heavy atom. The number of benzene rings is 1. The molecule has 0 radical (unpaired) electrons. The molecule has 0 saturated heterocycles. The van der Waals surface area contributed by atoms with E-state index in [0.29, 0.717) is 11.1 Å². The molecule has 3 nitrogen and oxygen atoms in total. The topological polar surface area (TPSA) is 37.8 Å². The van der Waals surface area contributed by atoms with E-state index in [1.54, 1.807) is 0 Å². The van der Waals surface area contributed by atoms with Crippen LogP contribution in [0.3, 0.4) is 0 Å². The summed E-state index contributed by atoms with van der Waals surface area (Å²) < 4.78 is 0. The fourth-order valence-electron chi connectivity index (χ4n) is 1.76. The average molecular weight is 262 g/mol. The molecule has 0 bridgehead atoms. The van der Waals surface area contributed by atoms with Crippen LogP contribution in [0, 0.1) is 6.92 Å². The number of nitrogens with one attached hydrogen (secondary N) is 1. The summed E-state index contributed by atoms with van der Waals surface area (Å²) in [4.78, 5) is 8.14. The van der Waals surface area contributed by atoms with Gasteiger partial charge in [0.2, 0.25) is 0 Å². The number of rotatable bonds is 4. The van der Waals surface area contributed by atoms with Crippen molar-refractivity contribution < 1.29 is 0 Å². The summed E-state index contributed by atoms with van der Waals surface area (Å²) in [6.45, 7) is 4.91. The van der Waals surface area contributed by atoms with Crippen molar-refractivity contribution >= 4 is 17.4 Å². The molecule has 1 N–H and O–H groups in total. The number of halogens is 1. The van der Waals surface area contributed by atoms with Crippen LogP contribution in [0.4, 0.5) is 5.82 Å². The van der Waals surface area contributed by atoms with Crippen LogP contribution in [0.25, 0.3) is 0 Å². The summed E-state index contributed by atoms with van der Waals surface area (Å²) in [5.74, 6) is 1.22. The molecule has 94 valence electrons. The first-order valence-electron chi connectivity index (χ1n) is 5.94. The van der Waals surface area contributed by atoms with Gasteiger partial charge < -0.3 is 5.32 Å². The van der Waals surface area contributed by atoms with Gasteiger partial charge in [0, 0.05) is 12.1 Å². The number of aromatic nitrogens is 2. The van der Waals surface area contributed by atoms with E-state index in [1.165, 1.54) is 11.9 Å². The Bertz CT molecular complexity index is 514. The third kappa shape index (κ3) is 2.99. The van der Waals surface area contributed by atoms with E-state index in [9.17, 15) is 0 Å². The summed E-state index contributed by atoms with van der Waals surface area (Å²) in [5, 5.41) is 3.82. The maximum atomic E-state index is 5.96. The molecule has 1 aromatic heterocycles. The van der Waals surface area contributed by atoms with Crippen molar-refractivity contribution in [2.24, 2.45) is 0 Å². The Morgan fingerprint density at radius 3 is 2.67 bits per heavy atom. The van der Waals surface area contributed by atoms with Crippen LogP contribution in [0.15, 0.2) is 36.7 Å². The van der Waals surface area contributed by atoms with Crippen molar-refractivity contribution in [1.82, 2.24) is 9.97 Å². The van der Waals surface area contributed by atoms with E-state index >= 15 is 0 Å². The molecule has 1 aromatic carbocycles. The van der Waals surface area contributed by atoms with Crippen molar-refractivity contribution in [3.05, 3.63) is 52.9 Å². The lowest BCUT2D eigenvalue weighted by molar-refractivity contribution is 0.799. The quantitative estimate of drug-likeness (QED) is 0.854. The van der Waals surface area contributed by atoms with Crippen LogP contribution in [0.1, 0.15) is 24.0 Å². The van der Waals surface area contributed by atoms with Crippen LogP contribution in [-0.4, -0.2) is 16.5 Å². The zero-order valence-electron chi connectivity index (χ0n) is 10.5. The van der Waals surface area contributed by atoms with Crippen molar-refractivity contribution in [2.75, 3.05) is 11.9 Å². The summed E-state index contributed by atoms with van der Waals surface area (Å²) >= 11 is 5.96. The second-order valence-electron chi connectivity index (χ2n) is 4.33. The molecule has 2 rings (SSSR count). The Morgan fingerprint density at radius 1 is 1.22 bits per heavy atom. The molecular weight excluding hydrogens is 246 g/mol. The molecule has 0 fully saturated rings. The zero-order chi connectivity index (χ0) is 13.0. The molecule has 0 aliphatic heterocycles. The molecule has 0 aliphatic rings. The Balaban J connectivity index is 2.02. The Labute approximate surface area is 112 Å². The van der Waals surface area contributed by atoms with Gasteiger partial charge >= 0.3 is 0 Å². The fourth-order valence-corrected chi connectivity index (χ4v) is 1.89. The second kappa shape index (κ2) is 5.83. The lowest BCUT2D eigenvalue weighted by Gasteiger charge is -2.14. The van der Waals surface area contributed by atoms with Gasteiger partial charge in [-0.2, -0.15) is 0 Å². The van der Waals surface area contributed by atoms with Crippen LogP contribution in [-0.2, 0) is 0 Å². The molecule has 1 unspecified atom stereocenters. The number of anilines is 1. The summed E-state index contributed by atoms with van der Waals surface area (Å²) in [6, 6.07) is 10.4. The minimum atomic E-state index is 0.416. The molecular formula is C14H16ClN3. The molecule has 1 heterocycles. The van der Waals surface area contributed by atoms with Crippen molar-refractivity contribution in [1.29, 1.82) is 0 Å². The van der Waals surface area contributed by atoms with E-state index < -0.39 is 0 Å². The van der Waals surface area contributed by atoms with E-state index in [1.807, 2.05) is 13.0 Å². The SMILES string of the molecule is Cc1c(Cl)ncnc1NCC(C)c1ccccc1. The molecule has 0 saturated carbocycles. The van der Waals surface area contributed by atoms with Crippen molar-refractivity contribution in [3.63, 3.8) is 0 Å². The number of nitrogens with zero attached hydrogens (tertiary/aromatic N) is 2. The zero-order valence-corrected chi connectivity index (χ0v) is 11.3. The van der Waals surface area contributed by atoms with Gasteiger partial charge in [0.25, 0.3) is 0 Å². The first-order valence-corrected chi connectivity index (χ1v) is 6.32. The maximum absolute atomic E-state index is 5.96. The monoisotopic (exact) mass is 261 g/mol. The predicted molar refractivity (Wildman–Crippen MR) is 75.1 cm³/mol. The minimum Gasteiger partial charge on any atom is -0.369 e. The lowest BCUT2D eigenvalue weighted by atomic mass is 10.0. The van der Waals surface area contributed by atoms with Crippen molar-refractivity contribution in [2.45, 2.75) is 19.8 Å². The van der Waals surface area contributed by atoms with E-state index in [0.717, 1.165) is 17.9 Å². The fraction of sp³-hybridized carbons (Fsp3) is 0.286. The molecule has 0 spiro atoms. The molecule has 0 amide bonds. The highest BCUT2D eigenvalue weighted by atomic mass is 35.5. The first kappa shape index (κ1) is 12.8.